The fraction of sp³-hybridized carbons (Fsp3) is 0.118. The molecule has 0 radical (unpaired) electrons. The minimum Gasteiger partial charge on any atom is -0.507 e. The first-order chi connectivity index (χ1) is 11.7. The van der Waals surface area contributed by atoms with Crippen LogP contribution in [0.3, 0.4) is 0 Å². The molecule has 0 unspecified atom stereocenters. The summed E-state index contributed by atoms with van der Waals surface area (Å²) in [4.78, 5) is 12.0. The maximum absolute atomic E-state index is 12.0. The minimum absolute atomic E-state index is 0.0713. The van der Waals surface area contributed by atoms with Gasteiger partial charge in [-0.15, -0.1) is 0 Å². The number of nitrogens with zero attached hydrogens (tertiary/aromatic N) is 2. The van der Waals surface area contributed by atoms with Crippen LogP contribution in [0.15, 0.2) is 47.6 Å². The van der Waals surface area contributed by atoms with E-state index in [-0.39, 0.29) is 17.9 Å². The van der Waals surface area contributed by atoms with Crippen LogP contribution in [0.2, 0.25) is 0 Å². The first kappa shape index (κ1) is 16.8. The highest BCUT2D eigenvalue weighted by molar-refractivity contribution is 5.97. The van der Waals surface area contributed by atoms with Crippen LogP contribution >= 0.6 is 0 Å². The smallest absolute Gasteiger partial charge is 0.275 e. The van der Waals surface area contributed by atoms with Gasteiger partial charge in [-0.1, -0.05) is 12.1 Å². The molecule has 0 aliphatic carbocycles. The number of aromatic hydroxyl groups is 1. The second-order valence-corrected chi connectivity index (χ2v) is 4.57. The Balaban J connectivity index is 2.07. The molecule has 122 valence electrons. The summed E-state index contributed by atoms with van der Waals surface area (Å²) in [5.74, 6) is 0.141. The lowest BCUT2D eigenvalue weighted by Gasteiger charge is -2.06. The summed E-state index contributed by atoms with van der Waals surface area (Å²) in [6.45, 7) is -0.0864. The third kappa shape index (κ3) is 4.24. The van der Waals surface area contributed by atoms with Crippen LogP contribution in [-0.4, -0.2) is 30.9 Å². The summed E-state index contributed by atoms with van der Waals surface area (Å²) in [5, 5.41) is 22.2. The highest BCUT2D eigenvalue weighted by Crippen LogP contribution is 2.23. The van der Waals surface area contributed by atoms with Gasteiger partial charge in [0, 0.05) is 11.6 Å². The van der Waals surface area contributed by atoms with Gasteiger partial charge in [0.2, 0.25) is 0 Å². The Hall–Kier alpha value is -3.53. The molecule has 0 aliphatic heterocycles. The van der Waals surface area contributed by atoms with Crippen LogP contribution in [0.1, 0.15) is 15.9 Å². The van der Waals surface area contributed by atoms with Gasteiger partial charge >= 0.3 is 0 Å². The van der Waals surface area contributed by atoms with E-state index >= 15 is 0 Å². The second-order valence-electron chi connectivity index (χ2n) is 4.57. The van der Waals surface area contributed by atoms with Gasteiger partial charge in [-0.2, -0.15) is 10.4 Å². The summed E-state index contributed by atoms with van der Waals surface area (Å²) in [6, 6.07) is 13.2. The molecule has 0 saturated carbocycles. The fourth-order valence-corrected chi connectivity index (χ4v) is 1.88. The number of phenols is 1. The molecule has 24 heavy (non-hydrogen) atoms. The lowest BCUT2D eigenvalue weighted by atomic mass is 10.2. The van der Waals surface area contributed by atoms with Gasteiger partial charge in [-0.05, 0) is 24.3 Å². The van der Waals surface area contributed by atoms with Crippen LogP contribution in [0.25, 0.3) is 0 Å². The number of hydrogen-bond acceptors (Lipinski definition) is 6. The number of methoxy groups -OCH3 is 1. The Kier molecular flexibility index (Phi) is 5.75. The maximum Gasteiger partial charge on any atom is 0.275 e. The number of para-hydroxylation sites is 1. The molecule has 7 nitrogen and oxygen atoms in total. The average Bonchev–Trinajstić information content (AvgIpc) is 2.60. The number of phenolic OH excluding ortho intramolecular Hbond substituents is 1. The van der Waals surface area contributed by atoms with Gasteiger partial charge in [0.1, 0.15) is 23.3 Å². The largest absolute Gasteiger partial charge is 0.507 e. The molecule has 0 spiro atoms. The molecule has 2 aromatic rings. The van der Waals surface area contributed by atoms with E-state index in [4.69, 9.17) is 14.7 Å². The van der Waals surface area contributed by atoms with E-state index in [9.17, 15) is 9.90 Å². The number of nitrogens with one attached hydrogen (secondary N) is 1. The van der Waals surface area contributed by atoms with Crippen molar-refractivity contribution in [1.82, 2.24) is 5.43 Å². The number of hydrazone groups is 1. The van der Waals surface area contributed by atoms with Crippen LogP contribution in [0.5, 0.6) is 17.2 Å². The molecular weight excluding hydrogens is 310 g/mol. The third-order valence-corrected chi connectivity index (χ3v) is 3.03. The number of rotatable bonds is 6. The van der Waals surface area contributed by atoms with Crippen LogP contribution in [-0.2, 0) is 0 Å². The monoisotopic (exact) mass is 325 g/mol. The first-order valence-corrected chi connectivity index (χ1v) is 6.95. The Morgan fingerprint density at radius 2 is 2.17 bits per heavy atom. The molecule has 0 aromatic heterocycles. The molecule has 0 heterocycles. The summed E-state index contributed by atoms with van der Waals surface area (Å²) >= 11 is 0. The van der Waals surface area contributed by atoms with E-state index < -0.39 is 5.91 Å². The molecule has 0 fully saturated rings. The first-order valence-electron chi connectivity index (χ1n) is 6.95. The molecule has 0 bridgehead atoms. The molecular formula is C17H15N3O4. The number of ether oxygens (including phenoxy) is 2. The third-order valence-electron chi connectivity index (χ3n) is 3.03. The van der Waals surface area contributed by atoms with Gasteiger partial charge in [0.25, 0.3) is 5.91 Å². The Bertz CT molecular complexity index is 797. The van der Waals surface area contributed by atoms with Gasteiger partial charge < -0.3 is 14.6 Å². The Labute approximate surface area is 138 Å². The zero-order chi connectivity index (χ0) is 17.4. The average molecular weight is 325 g/mol. The van der Waals surface area contributed by atoms with Gasteiger partial charge in [0.05, 0.1) is 18.9 Å². The van der Waals surface area contributed by atoms with Crippen LogP contribution in [0.4, 0.5) is 0 Å². The number of benzene rings is 2. The number of nitriles is 1. The number of carbonyl (C=O) groups is 1. The molecule has 0 atom stereocenters. The second kappa shape index (κ2) is 8.19. The standard InChI is InChI=1S/C17H15N3O4/c1-23-13-6-7-14(15(21)10-13)17(22)20-19-11-12-4-2-3-5-16(12)24-9-8-18/h2-7,10-11,21H,9H2,1H3,(H,20,22)/b19-11-. The summed E-state index contributed by atoms with van der Waals surface area (Å²) in [5.41, 5.74) is 2.99. The quantitative estimate of drug-likeness (QED) is 0.625. The van der Waals surface area contributed by atoms with Crippen molar-refractivity contribution in [2.75, 3.05) is 13.7 Å². The van der Waals surface area contributed by atoms with Crippen molar-refractivity contribution in [2.45, 2.75) is 0 Å². The summed E-state index contributed by atoms with van der Waals surface area (Å²) in [6.07, 6.45) is 1.39. The molecule has 2 aromatic carbocycles. The minimum atomic E-state index is -0.568. The normalized spacial score (nSPS) is 10.2. The topological polar surface area (TPSA) is 104 Å². The molecule has 1 amide bonds. The lowest BCUT2D eigenvalue weighted by Crippen LogP contribution is -2.17. The van der Waals surface area contributed by atoms with Crippen molar-refractivity contribution in [2.24, 2.45) is 5.10 Å². The zero-order valence-corrected chi connectivity index (χ0v) is 12.9. The van der Waals surface area contributed by atoms with E-state index in [1.165, 1.54) is 25.5 Å². The van der Waals surface area contributed by atoms with Gasteiger partial charge in [0.15, 0.2) is 6.61 Å². The maximum atomic E-state index is 12.0. The SMILES string of the molecule is COc1ccc(C(=O)N/N=C\c2ccccc2OCC#N)c(O)c1. The van der Waals surface area contributed by atoms with Crippen molar-refractivity contribution in [3.8, 4) is 23.3 Å². The number of amides is 1. The van der Waals surface area contributed by atoms with E-state index in [0.29, 0.717) is 17.1 Å². The fourth-order valence-electron chi connectivity index (χ4n) is 1.88. The summed E-state index contributed by atoms with van der Waals surface area (Å²) < 4.78 is 10.2. The number of carbonyl (C=O) groups excluding carboxylic acids is 1. The predicted octanol–water partition coefficient (Wildman–Crippen LogP) is 2.07. The lowest BCUT2D eigenvalue weighted by molar-refractivity contribution is 0.0952. The predicted molar refractivity (Wildman–Crippen MR) is 87.3 cm³/mol. The van der Waals surface area contributed by atoms with E-state index in [2.05, 4.69) is 10.5 Å². The van der Waals surface area contributed by atoms with Gasteiger partial charge in [-0.3, -0.25) is 4.79 Å². The van der Waals surface area contributed by atoms with Crippen LogP contribution in [0, 0.1) is 11.3 Å². The van der Waals surface area contributed by atoms with E-state index in [0.717, 1.165) is 0 Å². The highest BCUT2D eigenvalue weighted by atomic mass is 16.5. The van der Waals surface area contributed by atoms with Crippen LogP contribution < -0.4 is 14.9 Å². The van der Waals surface area contributed by atoms with E-state index in [1.807, 2.05) is 6.07 Å². The Morgan fingerprint density at radius 1 is 1.38 bits per heavy atom. The van der Waals surface area contributed by atoms with Gasteiger partial charge in [-0.25, -0.2) is 5.43 Å². The molecule has 2 N–H and O–H groups in total. The van der Waals surface area contributed by atoms with E-state index in [1.54, 1.807) is 30.3 Å². The summed E-state index contributed by atoms with van der Waals surface area (Å²) in [7, 11) is 1.46. The zero-order valence-electron chi connectivity index (χ0n) is 12.9. The van der Waals surface area contributed by atoms with Crippen molar-refractivity contribution >= 4 is 12.1 Å². The molecule has 0 saturated heterocycles. The Morgan fingerprint density at radius 3 is 2.88 bits per heavy atom. The molecule has 7 heteroatoms. The van der Waals surface area contributed by atoms with Crippen molar-refractivity contribution in [1.29, 1.82) is 5.26 Å². The van der Waals surface area contributed by atoms with Crippen molar-refractivity contribution in [3.05, 3.63) is 53.6 Å². The molecule has 2 rings (SSSR count). The van der Waals surface area contributed by atoms with Crippen molar-refractivity contribution < 1.29 is 19.4 Å². The highest BCUT2D eigenvalue weighted by Gasteiger charge is 2.11. The molecule has 0 aliphatic rings. The number of hydrogen-bond donors (Lipinski definition) is 2. The van der Waals surface area contributed by atoms with Crippen molar-refractivity contribution in [3.63, 3.8) is 0 Å².